The first-order chi connectivity index (χ1) is 12.7. The van der Waals surface area contributed by atoms with Gasteiger partial charge in [0.2, 0.25) is 0 Å². The number of aromatic nitrogens is 2. The minimum atomic E-state index is -0.0311. The molecule has 2 fully saturated rings. The highest BCUT2D eigenvalue weighted by molar-refractivity contribution is 6.30. The number of carbonyl (C=O) groups is 1. The molecule has 0 spiro atoms. The van der Waals surface area contributed by atoms with Gasteiger partial charge in [0.15, 0.2) is 0 Å². The van der Waals surface area contributed by atoms with Crippen LogP contribution in [-0.4, -0.2) is 53.3 Å². The molecule has 138 valence electrons. The Kier molecular flexibility index (Phi) is 5.24. The summed E-state index contributed by atoms with van der Waals surface area (Å²) >= 11 is 6.15. The topological polar surface area (TPSA) is 62.2 Å². The van der Waals surface area contributed by atoms with Crippen molar-refractivity contribution in [2.75, 3.05) is 32.7 Å². The van der Waals surface area contributed by atoms with Crippen LogP contribution in [0.5, 0.6) is 0 Å². The summed E-state index contributed by atoms with van der Waals surface area (Å²) < 4.78 is 1.94. The maximum atomic E-state index is 13.1. The van der Waals surface area contributed by atoms with Crippen molar-refractivity contribution in [1.29, 1.82) is 0 Å². The average molecular weight is 374 g/mol. The second-order valence-electron chi connectivity index (χ2n) is 6.95. The van der Waals surface area contributed by atoms with E-state index in [0.29, 0.717) is 23.3 Å². The van der Waals surface area contributed by atoms with Gasteiger partial charge in [-0.1, -0.05) is 23.7 Å². The summed E-state index contributed by atoms with van der Waals surface area (Å²) in [4.78, 5) is 15.0. The van der Waals surface area contributed by atoms with Crippen LogP contribution in [0.2, 0.25) is 5.02 Å². The van der Waals surface area contributed by atoms with Crippen LogP contribution >= 0.6 is 11.6 Å². The van der Waals surface area contributed by atoms with Gasteiger partial charge >= 0.3 is 0 Å². The Morgan fingerprint density at radius 3 is 2.88 bits per heavy atom. The molecule has 1 aromatic heterocycles. The van der Waals surface area contributed by atoms with E-state index in [1.165, 1.54) is 0 Å². The van der Waals surface area contributed by atoms with Crippen LogP contribution in [0.1, 0.15) is 41.0 Å². The standard InChI is InChI=1S/C19H24ClN5O/c20-15-4-1-3-14(11-15)18-13-22-8-10-24(18)19(26)17-6-9-25(23-17)16-5-2-7-21-12-16/h1,3-4,6,9,11,16,18,21-22H,2,5,7-8,10,12-13H2. The molecular formula is C19H24ClN5O. The predicted molar refractivity (Wildman–Crippen MR) is 101 cm³/mol. The highest BCUT2D eigenvalue weighted by Gasteiger charge is 2.30. The third-order valence-corrected chi connectivity index (χ3v) is 5.45. The Morgan fingerprint density at radius 1 is 1.19 bits per heavy atom. The Labute approximate surface area is 158 Å². The summed E-state index contributed by atoms with van der Waals surface area (Å²) in [6.45, 7) is 4.14. The van der Waals surface area contributed by atoms with Crippen LogP contribution < -0.4 is 10.6 Å². The lowest BCUT2D eigenvalue weighted by atomic mass is 10.0. The maximum Gasteiger partial charge on any atom is 0.274 e. The second kappa shape index (κ2) is 7.78. The lowest BCUT2D eigenvalue weighted by molar-refractivity contribution is 0.0626. The number of piperazine rings is 1. The van der Waals surface area contributed by atoms with E-state index in [0.717, 1.165) is 44.6 Å². The molecule has 4 rings (SSSR count). The van der Waals surface area contributed by atoms with Gasteiger partial charge < -0.3 is 15.5 Å². The van der Waals surface area contributed by atoms with Gasteiger partial charge in [-0.3, -0.25) is 9.48 Å². The van der Waals surface area contributed by atoms with E-state index < -0.39 is 0 Å². The highest BCUT2D eigenvalue weighted by atomic mass is 35.5. The van der Waals surface area contributed by atoms with E-state index in [-0.39, 0.29) is 11.9 Å². The van der Waals surface area contributed by atoms with Crippen molar-refractivity contribution in [2.45, 2.75) is 24.9 Å². The van der Waals surface area contributed by atoms with E-state index >= 15 is 0 Å². The Morgan fingerprint density at radius 2 is 2.08 bits per heavy atom. The molecule has 0 aliphatic carbocycles. The molecular weight excluding hydrogens is 350 g/mol. The average Bonchev–Trinajstić information content (AvgIpc) is 3.18. The molecule has 0 bridgehead atoms. The molecule has 1 aromatic carbocycles. The van der Waals surface area contributed by atoms with E-state index in [1.54, 1.807) is 0 Å². The molecule has 0 radical (unpaired) electrons. The summed E-state index contributed by atoms with van der Waals surface area (Å²) in [6, 6.07) is 9.89. The van der Waals surface area contributed by atoms with E-state index in [4.69, 9.17) is 11.6 Å². The van der Waals surface area contributed by atoms with Crippen molar-refractivity contribution in [2.24, 2.45) is 0 Å². The highest BCUT2D eigenvalue weighted by Crippen LogP contribution is 2.26. The normalized spacial score (nSPS) is 23.8. The van der Waals surface area contributed by atoms with E-state index in [2.05, 4.69) is 15.7 Å². The van der Waals surface area contributed by atoms with Crippen LogP contribution in [0.15, 0.2) is 36.5 Å². The van der Waals surface area contributed by atoms with Crippen LogP contribution in [0.3, 0.4) is 0 Å². The smallest absolute Gasteiger partial charge is 0.274 e. The van der Waals surface area contributed by atoms with Crippen molar-refractivity contribution in [3.8, 4) is 0 Å². The zero-order valence-corrected chi connectivity index (χ0v) is 15.5. The van der Waals surface area contributed by atoms with Gasteiger partial charge in [0.25, 0.3) is 5.91 Å². The van der Waals surface area contributed by atoms with Crippen LogP contribution in [0.25, 0.3) is 0 Å². The van der Waals surface area contributed by atoms with Crippen LogP contribution in [0, 0.1) is 0 Å². The quantitative estimate of drug-likeness (QED) is 0.866. The Balaban J connectivity index is 1.54. The summed E-state index contributed by atoms with van der Waals surface area (Å²) in [5.74, 6) is -0.0148. The SMILES string of the molecule is O=C(c1ccn(C2CCCNC2)n1)N1CCNCC1c1cccc(Cl)c1. The third-order valence-electron chi connectivity index (χ3n) is 5.21. The minimum Gasteiger partial charge on any atom is -0.328 e. The fraction of sp³-hybridized carbons (Fsp3) is 0.474. The van der Waals surface area contributed by atoms with Gasteiger partial charge in [-0.05, 0) is 43.1 Å². The first-order valence-electron chi connectivity index (χ1n) is 9.25. The van der Waals surface area contributed by atoms with Crippen LogP contribution in [-0.2, 0) is 0 Å². The van der Waals surface area contributed by atoms with Crippen molar-refractivity contribution >= 4 is 17.5 Å². The molecule has 26 heavy (non-hydrogen) atoms. The molecule has 2 aliphatic rings. The van der Waals surface area contributed by atoms with Crippen LogP contribution in [0.4, 0.5) is 0 Å². The second-order valence-corrected chi connectivity index (χ2v) is 7.39. The summed E-state index contributed by atoms with van der Waals surface area (Å²) in [5.41, 5.74) is 1.57. The molecule has 2 saturated heterocycles. The number of piperidine rings is 1. The monoisotopic (exact) mass is 373 g/mol. The van der Waals surface area contributed by atoms with Crippen molar-refractivity contribution in [3.63, 3.8) is 0 Å². The number of rotatable bonds is 3. The first-order valence-corrected chi connectivity index (χ1v) is 9.63. The number of halogens is 1. The third kappa shape index (κ3) is 3.63. The van der Waals surface area contributed by atoms with Gasteiger partial charge in [-0.25, -0.2) is 0 Å². The van der Waals surface area contributed by atoms with Crippen molar-refractivity contribution in [3.05, 3.63) is 52.8 Å². The molecule has 7 heteroatoms. The Bertz CT molecular complexity index is 771. The van der Waals surface area contributed by atoms with Gasteiger partial charge in [0, 0.05) is 37.4 Å². The number of hydrogen-bond acceptors (Lipinski definition) is 4. The fourth-order valence-corrected chi connectivity index (χ4v) is 4.02. The van der Waals surface area contributed by atoms with Crippen molar-refractivity contribution < 1.29 is 4.79 Å². The molecule has 2 unspecified atom stereocenters. The largest absolute Gasteiger partial charge is 0.328 e. The molecule has 2 aliphatic heterocycles. The minimum absolute atomic E-state index is 0.0148. The molecule has 3 heterocycles. The fourth-order valence-electron chi connectivity index (χ4n) is 3.82. The lowest BCUT2D eigenvalue weighted by Crippen LogP contribution is -2.48. The van der Waals surface area contributed by atoms with Gasteiger partial charge in [0.05, 0.1) is 12.1 Å². The van der Waals surface area contributed by atoms with Gasteiger partial charge in [-0.15, -0.1) is 0 Å². The summed E-state index contributed by atoms with van der Waals surface area (Å²) in [7, 11) is 0. The zero-order valence-electron chi connectivity index (χ0n) is 14.7. The molecule has 0 saturated carbocycles. The number of amides is 1. The number of carbonyl (C=O) groups excluding carboxylic acids is 1. The number of hydrogen-bond donors (Lipinski definition) is 2. The summed E-state index contributed by atoms with van der Waals surface area (Å²) in [5, 5.41) is 12.1. The van der Waals surface area contributed by atoms with Gasteiger partial charge in [-0.2, -0.15) is 5.10 Å². The molecule has 1 amide bonds. The van der Waals surface area contributed by atoms with Crippen molar-refractivity contribution in [1.82, 2.24) is 25.3 Å². The van der Waals surface area contributed by atoms with E-state index in [9.17, 15) is 4.79 Å². The molecule has 6 nitrogen and oxygen atoms in total. The zero-order chi connectivity index (χ0) is 17.9. The lowest BCUT2D eigenvalue weighted by Gasteiger charge is -2.36. The molecule has 2 atom stereocenters. The maximum absolute atomic E-state index is 13.1. The summed E-state index contributed by atoms with van der Waals surface area (Å²) in [6.07, 6.45) is 4.17. The number of benzene rings is 1. The number of nitrogens with one attached hydrogen (secondary N) is 2. The molecule has 2 aromatic rings. The molecule has 2 N–H and O–H groups in total. The Hall–Kier alpha value is -1.89. The van der Waals surface area contributed by atoms with E-state index in [1.807, 2.05) is 46.1 Å². The number of nitrogens with zero attached hydrogens (tertiary/aromatic N) is 3. The predicted octanol–water partition coefficient (Wildman–Crippen LogP) is 2.25. The van der Waals surface area contributed by atoms with Gasteiger partial charge in [0.1, 0.15) is 5.69 Å². The first kappa shape index (κ1) is 17.5.